The van der Waals surface area contributed by atoms with E-state index in [1.54, 1.807) is 23.1 Å². The van der Waals surface area contributed by atoms with Gasteiger partial charge in [0, 0.05) is 18.1 Å². The Balaban J connectivity index is 1.95. The second kappa shape index (κ2) is 8.56. The molecule has 3 rings (SSSR count). The number of hydrogen-bond acceptors (Lipinski definition) is 2. The monoisotopic (exact) mass is 390 g/mol. The van der Waals surface area contributed by atoms with Crippen molar-refractivity contribution < 1.29 is 9.59 Å². The second-order valence-corrected chi connectivity index (χ2v) is 7.19. The van der Waals surface area contributed by atoms with Crippen LogP contribution in [-0.4, -0.2) is 29.3 Å². The molecule has 1 aliphatic heterocycles. The summed E-state index contributed by atoms with van der Waals surface area (Å²) in [4.78, 5) is 27.4. The third-order valence-electron chi connectivity index (χ3n) is 4.50. The molecule has 0 spiro atoms. The van der Waals surface area contributed by atoms with Crippen LogP contribution in [0.5, 0.6) is 0 Å². The van der Waals surface area contributed by atoms with E-state index in [-0.39, 0.29) is 16.8 Å². The summed E-state index contributed by atoms with van der Waals surface area (Å²) in [5, 5.41) is 3.66. The highest BCUT2D eigenvalue weighted by Gasteiger charge is 2.32. The largest absolute Gasteiger partial charge is 0.354 e. The summed E-state index contributed by atoms with van der Waals surface area (Å²) in [6, 6.07) is 13.9. The molecule has 0 saturated carbocycles. The first-order valence-corrected chi connectivity index (χ1v) is 9.39. The van der Waals surface area contributed by atoms with E-state index in [9.17, 15) is 9.59 Å². The highest BCUT2D eigenvalue weighted by Crippen LogP contribution is 2.25. The number of carbonyl (C=O) groups is 2. The lowest BCUT2D eigenvalue weighted by molar-refractivity contribution is -0.125. The van der Waals surface area contributed by atoms with E-state index in [0.717, 1.165) is 18.4 Å². The number of nitrogens with one attached hydrogen (secondary N) is 1. The van der Waals surface area contributed by atoms with Crippen molar-refractivity contribution in [2.45, 2.75) is 31.8 Å². The summed E-state index contributed by atoms with van der Waals surface area (Å²) in [6.45, 7) is 0.987. The molecule has 1 unspecified atom stereocenters. The Bertz CT molecular complexity index is 796. The molecule has 2 aromatic rings. The van der Waals surface area contributed by atoms with E-state index in [0.29, 0.717) is 30.1 Å². The van der Waals surface area contributed by atoms with E-state index in [1.807, 2.05) is 30.3 Å². The number of benzene rings is 2. The minimum absolute atomic E-state index is 0.114. The lowest BCUT2D eigenvalue weighted by Crippen LogP contribution is -2.48. The molecule has 1 aliphatic rings. The van der Waals surface area contributed by atoms with Crippen LogP contribution in [0.1, 0.15) is 35.2 Å². The molecular weight excluding hydrogens is 371 g/mol. The fourth-order valence-corrected chi connectivity index (χ4v) is 3.63. The molecule has 6 heteroatoms. The van der Waals surface area contributed by atoms with Gasteiger partial charge in [-0.3, -0.25) is 9.59 Å². The molecule has 1 saturated heterocycles. The fourth-order valence-electron chi connectivity index (χ4n) is 3.14. The van der Waals surface area contributed by atoms with Crippen LogP contribution in [0.15, 0.2) is 48.5 Å². The smallest absolute Gasteiger partial charge is 0.256 e. The molecule has 2 amide bonds. The van der Waals surface area contributed by atoms with Gasteiger partial charge in [0.15, 0.2) is 0 Å². The highest BCUT2D eigenvalue weighted by atomic mass is 35.5. The summed E-state index contributed by atoms with van der Waals surface area (Å²) in [5.74, 6) is -0.380. The Morgan fingerprint density at radius 2 is 1.88 bits per heavy atom. The maximum atomic E-state index is 13.3. The standard InChI is InChI=1S/C20H20Cl2N2O2/c21-15-9-10-16(17(22)12-15)20(26)24(13-14-6-2-1-3-7-14)18-8-4-5-11-23-19(18)25/h1-3,6-7,9-10,12,18H,4-5,8,11,13H2,(H,23,25). The van der Waals surface area contributed by atoms with Crippen LogP contribution >= 0.6 is 23.2 Å². The van der Waals surface area contributed by atoms with E-state index < -0.39 is 6.04 Å². The molecule has 1 heterocycles. The molecule has 0 radical (unpaired) electrons. The zero-order valence-corrected chi connectivity index (χ0v) is 15.8. The first-order valence-electron chi connectivity index (χ1n) is 8.64. The van der Waals surface area contributed by atoms with Gasteiger partial charge in [-0.05, 0) is 43.0 Å². The van der Waals surface area contributed by atoms with Gasteiger partial charge in [-0.15, -0.1) is 0 Å². The van der Waals surface area contributed by atoms with Crippen molar-refractivity contribution in [1.82, 2.24) is 10.2 Å². The zero-order chi connectivity index (χ0) is 18.5. The van der Waals surface area contributed by atoms with Gasteiger partial charge in [-0.1, -0.05) is 53.5 Å². The molecule has 0 bridgehead atoms. The van der Waals surface area contributed by atoms with Crippen molar-refractivity contribution in [3.05, 3.63) is 69.7 Å². The molecule has 0 aliphatic carbocycles. The van der Waals surface area contributed by atoms with Crippen LogP contribution in [0, 0.1) is 0 Å². The number of nitrogens with zero attached hydrogens (tertiary/aromatic N) is 1. The van der Waals surface area contributed by atoms with Gasteiger partial charge < -0.3 is 10.2 Å². The van der Waals surface area contributed by atoms with Gasteiger partial charge in [-0.25, -0.2) is 0 Å². The van der Waals surface area contributed by atoms with Crippen LogP contribution in [0.25, 0.3) is 0 Å². The third-order valence-corrected chi connectivity index (χ3v) is 5.05. The second-order valence-electron chi connectivity index (χ2n) is 6.35. The van der Waals surface area contributed by atoms with Crippen molar-refractivity contribution in [3.63, 3.8) is 0 Å². The van der Waals surface area contributed by atoms with Gasteiger partial charge in [0.25, 0.3) is 5.91 Å². The summed E-state index contributed by atoms with van der Waals surface area (Å²) >= 11 is 12.2. The fraction of sp³-hybridized carbons (Fsp3) is 0.300. The average molecular weight is 391 g/mol. The molecule has 1 N–H and O–H groups in total. The SMILES string of the molecule is O=C1NCCCCC1N(Cc1ccccc1)C(=O)c1ccc(Cl)cc1Cl. The molecule has 2 aromatic carbocycles. The van der Waals surface area contributed by atoms with Crippen LogP contribution < -0.4 is 5.32 Å². The van der Waals surface area contributed by atoms with E-state index in [2.05, 4.69) is 5.32 Å². The Morgan fingerprint density at radius 1 is 1.12 bits per heavy atom. The Kier molecular flexibility index (Phi) is 6.17. The van der Waals surface area contributed by atoms with Gasteiger partial charge in [0.2, 0.25) is 5.91 Å². The van der Waals surface area contributed by atoms with E-state index in [4.69, 9.17) is 23.2 Å². The number of carbonyl (C=O) groups excluding carboxylic acids is 2. The Labute approximate surface area is 163 Å². The van der Waals surface area contributed by atoms with E-state index >= 15 is 0 Å². The molecule has 136 valence electrons. The summed E-state index contributed by atoms with van der Waals surface area (Å²) in [6.07, 6.45) is 2.43. The number of halogens is 2. The van der Waals surface area contributed by atoms with Gasteiger partial charge >= 0.3 is 0 Å². The lowest BCUT2D eigenvalue weighted by Gasteiger charge is -2.30. The Morgan fingerprint density at radius 3 is 2.62 bits per heavy atom. The molecule has 1 fully saturated rings. The molecular formula is C20H20Cl2N2O2. The quantitative estimate of drug-likeness (QED) is 0.845. The van der Waals surface area contributed by atoms with Gasteiger partial charge in [0.1, 0.15) is 6.04 Å². The van der Waals surface area contributed by atoms with Gasteiger partial charge in [-0.2, -0.15) is 0 Å². The first kappa shape index (κ1) is 18.7. The Hall–Kier alpha value is -2.04. The van der Waals surface area contributed by atoms with E-state index in [1.165, 1.54) is 0 Å². The van der Waals surface area contributed by atoms with Crippen molar-refractivity contribution in [2.24, 2.45) is 0 Å². The minimum Gasteiger partial charge on any atom is -0.354 e. The molecule has 0 aromatic heterocycles. The normalized spacial score (nSPS) is 17.3. The van der Waals surface area contributed by atoms with Crippen molar-refractivity contribution >= 4 is 35.0 Å². The zero-order valence-electron chi connectivity index (χ0n) is 14.3. The number of amides is 2. The van der Waals surface area contributed by atoms with Crippen LogP contribution in [0.3, 0.4) is 0 Å². The average Bonchev–Trinajstić information content (AvgIpc) is 2.84. The topological polar surface area (TPSA) is 49.4 Å². The first-order chi connectivity index (χ1) is 12.6. The van der Waals surface area contributed by atoms with Gasteiger partial charge in [0.05, 0.1) is 10.6 Å². The van der Waals surface area contributed by atoms with Crippen LogP contribution in [0.4, 0.5) is 0 Å². The number of rotatable bonds is 4. The summed E-state index contributed by atoms with van der Waals surface area (Å²) < 4.78 is 0. The van der Waals surface area contributed by atoms with Crippen LogP contribution in [-0.2, 0) is 11.3 Å². The number of hydrogen-bond donors (Lipinski definition) is 1. The maximum absolute atomic E-state index is 13.3. The van der Waals surface area contributed by atoms with Crippen molar-refractivity contribution in [2.75, 3.05) is 6.54 Å². The summed E-state index contributed by atoms with van der Waals surface area (Å²) in [7, 11) is 0. The predicted molar refractivity (Wildman–Crippen MR) is 103 cm³/mol. The predicted octanol–water partition coefficient (Wildman–Crippen LogP) is 4.30. The van der Waals surface area contributed by atoms with Crippen molar-refractivity contribution in [3.8, 4) is 0 Å². The lowest BCUT2D eigenvalue weighted by atomic mass is 10.1. The summed E-state index contributed by atoms with van der Waals surface area (Å²) in [5.41, 5.74) is 1.31. The molecule has 1 atom stereocenters. The third kappa shape index (κ3) is 4.37. The molecule has 26 heavy (non-hydrogen) atoms. The highest BCUT2D eigenvalue weighted by molar-refractivity contribution is 6.36. The maximum Gasteiger partial charge on any atom is 0.256 e. The van der Waals surface area contributed by atoms with Crippen molar-refractivity contribution in [1.29, 1.82) is 0 Å². The minimum atomic E-state index is -0.517. The van der Waals surface area contributed by atoms with Crippen LogP contribution in [0.2, 0.25) is 10.0 Å². The molecule has 4 nitrogen and oxygen atoms in total.